The fourth-order valence-electron chi connectivity index (χ4n) is 3.05. The Morgan fingerprint density at radius 3 is 1.54 bits per heavy atom. The van der Waals surface area contributed by atoms with Crippen LogP contribution in [0.1, 0.15) is 48.9 Å². The minimum Gasteiger partial charge on any atom is -0.314 e. The van der Waals surface area contributed by atoms with E-state index >= 15 is 0 Å². The molecule has 2 saturated carbocycles. The molecule has 4 heterocycles. The molecule has 8 heteroatoms. The SMILES string of the molecule is O=c1[nH]ccc2nc(C3CC3)cn12.O=c1[nH]ccc2nc(C3CC3)cn12. The number of H-pyrrole nitrogens is 2. The molecule has 0 bridgehead atoms. The average Bonchev–Trinajstić information content (AvgIpc) is 3.57. The molecule has 2 fully saturated rings. The molecule has 2 aliphatic carbocycles. The Labute approximate surface area is 147 Å². The summed E-state index contributed by atoms with van der Waals surface area (Å²) in [4.78, 5) is 36.6. The molecule has 8 nitrogen and oxygen atoms in total. The molecule has 4 aromatic heterocycles. The molecular weight excluding hydrogens is 332 g/mol. The van der Waals surface area contributed by atoms with Gasteiger partial charge >= 0.3 is 11.4 Å². The van der Waals surface area contributed by atoms with Crippen molar-refractivity contribution in [3.8, 4) is 0 Å². The fourth-order valence-corrected chi connectivity index (χ4v) is 3.05. The predicted molar refractivity (Wildman–Crippen MR) is 95.6 cm³/mol. The van der Waals surface area contributed by atoms with E-state index in [1.165, 1.54) is 25.7 Å². The molecule has 26 heavy (non-hydrogen) atoms. The van der Waals surface area contributed by atoms with Crippen LogP contribution in [-0.2, 0) is 0 Å². The van der Waals surface area contributed by atoms with Gasteiger partial charge in [-0.05, 0) is 37.8 Å². The highest BCUT2D eigenvalue weighted by Gasteiger charge is 2.27. The van der Waals surface area contributed by atoms with E-state index in [4.69, 9.17) is 0 Å². The minimum atomic E-state index is -0.114. The molecule has 0 amide bonds. The van der Waals surface area contributed by atoms with E-state index in [-0.39, 0.29) is 11.4 Å². The first-order valence-electron chi connectivity index (χ1n) is 8.82. The normalized spacial score (nSPS) is 16.6. The zero-order valence-electron chi connectivity index (χ0n) is 14.1. The summed E-state index contributed by atoms with van der Waals surface area (Å²) in [6.45, 7) is 0. The molecule has 2 N–H and O–H groups in total. The lowest BCUT2D eigenvalue weighted by molar-refractivity contribution is 0.996. The van der Waals surface area contributed by atoms with Crippen molar-refractivity contribution in [2.24, 2.45) is 0 Å². The first-order valence-corrected chi connectivity index (χ1v) is 8.82. The van der Waals surface area contributed by atoms with Gasteiger partial charge in [-0.15, -0.1) is 0 Å². The maximum Gasteiger partial charge on any atom is 0.331 e. The van der Waals surface area contributed by atoms with Crippen LogP contribution in [0.5, 0.6) is 0 Å². The van der Waals surface area contributed by atoms with Crippen LogP contribution < -0.4 is 11.4 Å². The predicted octanol–water partition coefficient (Wildman–Crippen LogP) is 1.80. The van der Waals surface area contributed by atoms with Crippen molar-refractivity contribution in [2.75, 3.05) is 0 Å². The highest BCUT2D eigenvalue weighted by molar-refractivity contribution is 5.40. The second kappa shape index (κ2) is 5.69. The monoisotopic (exact) mass is 350 g/mol. The average molecular weight is 350 g/mol. The Morgan fingerprint density at radius 2 is 1.19 bits per heavy atom. The summed E-state index contributed by atoms with van der Waals surface area (Å²) in [6, 6.07) is 3.63. The van der Waals surface area contributed by atoms with E-state index in [0.717, 1.165) is 22.7 Å². The molecule has 0 atom stereocenters. The van der Waals surface area contributed by atoms with Gasteiger partial charge in [0, 0.05) is 36.6 Å². The Morgan fingerprint density at radius 1 is 0.769 bits per heavy atom. The first kappa shape index (κ1) is 15.1. The van der Waals surface area contributed by atoms with Crippen molar-refractivity contribution in [3.63, 3.8) is 0 Å². The lowest BCUT2D eigenvalue weighted by Crippen LogP contribution is -2.13. The van der Waals surface area contributed by atoms with Crippen LogP contribution in [0.4, 0.5) is 0 Å². The summed E-state index contributed by atoms with van der Waals surface area (Å²) >= 11 is 0. The van der Waals surface area contributed by atoms with Crippen LogP contribution in [0.2, 0.25) is 0 Å². The van der Waals surface area contributed by atoms with Crippen molar-refractivity contribution >= 4 is 11.3 Å². The molecule has 0 aliphatic heterocycles. The maximum absolute atomic E-state index is 11.3. The quantitative estimate of drug-likeness (QED) is 0.576. The molecule has 0 spiro atoms. The number of hydrogen-bond donors (Lipinski definition) is 2. The molecule has 0 aromatic carbocycles. The number of rotatable bonds is 2. The molecule has 0 unspecified atom stereocenters. The smallest absolute Gasteiger partial charge is 0.314 e. The summed E-state index contributed by atoms with van der Waals surface area (Å²) in [6.07, 6.45) is 11.8. The molecule has 0 saturated heterocycles. The van der Waals surface area contributed by atoms with Crippen LogP contribution in [-0.4, -0.2) is 28.7 Å². The van der Waals surface area contributed by atoms with Gasteiger partial charge in [-0.2, -0.15) is 0 Å². The molecule has 2 aliphatic rings. The third kappa shape index (κ3) is 2.73. The standard InChI is InChI=1S/2C9H9N3O/c2*13-9-10-4-3-8-11-7(5-12(8)9)6-1-2-6/h2*3-6H,1-2H2,(H,10,13). The van der Waals surface area contributed by atoms with Crippen molar-refractivity contribution in [3.05, 3.63) is 69.3 Å². The molecule has 6 rings (SSSR count). The summed E-state index contributed by atoms with van der Waals surface area (Å²) in [5, 5.41) is 0. The molecule has 132 valence electrons. The number of hydrogen-bond acceptors (Lipinski definition) is 4. The second-order valence-corrected chi connectivity index (χ2v) is 6.90. The lowest BCUT2D eigenvalue weighted by Gasteiger charge is -1.86. The number of aromatic nitrogens is 6. The Hall–Kier alpha value is -3.16. The van der Waals surface area contributed by atoms with Gasteiger partial charge in [0.15, 0.2) is 0 Å². The molecular formula is C18H18N6O2. The highest BCUT2D eigenvalue weighted by atomic mass is 16.1. The van der Waals surface area contributed by atoms with E-state index < -0.39 is 0 Å². The lowest BCUT2D eigenvalue weighted by atomic mass is 10.3. The fraction of sp³-hybridized carbons (Fsp3) is 0.333. The Kier molecular flexibility index (Phi) is 3.31. The van der Waals surface area contributed by atoms with Crippen LogP contribution in [0.3, 0.4) is 0 Å². The Balaban J connectivity index is 0.000000115. The van der Waals surface area contributed by atoms with E-state index in [2.05, 4.69) is 19.9 Å². The van der Waals surface area contributed by atoms with Crippen LogP contribution in [0.15, 0.2) is 46.5 Å². The van der Waals surface area contributed by atoms with Crippen molar-refractivity contribution in [1.29, 1.82) is 0 Å². The van der Waals surface area contributed by atoms with Crippen molar-refractivity contribution < 1.29 is 0 Å². The number of imidazole rings is 2. The topological polar surface area (TPSA) is 100 Å². The third-order valence-corrected chi connectivity index (χ3v) is 4.81. The van der Waals surface area contributed by atoms with Gasteiger partial charge in [-0.3, -0.25) is 8.80 Å². The number of aromatic amines is 2. The third-order valence-electron chi connectivity index (χ3n) is 4.81. The second-order valence-electron chi connectivity index (χ2n) is 6.90. The van der Waals surface area contributed by atoms with Crippen LogP contribution in [0.25, 0.3) is 11.3 Å². The summed E-state index contributed by atoms with van der Waals surface area (Å²) in [5.74, 6) is 1.19. The van der Waals surface area contributed by atoms with Gasteiger partial charge in [0.05, 0.1) is 11.4 Å². The maximum atomic E-state index is 11.3. The van der Waals surface area contributed by atoms with E-state index in [9.17, 15) is 9.59 Å². The molecule has 4 aromatic rings. The highest BCUT2D eigenvalue weighted by Crippen LogP contribution is 2.39. The van der Waals surface area contributed by atoms with E-state index in [1.807, 2.05) is 24.5 Å². The Bertz CT molecular complexity index is 1110. The minimum absolute atomic E-state index is 0.114. The zero-order chi connectivity index (χ0) is 17.7. The van der Waals surface area contributed by atoms with E-state index in [1.54, 1.807) is 21.2 Å². The zero-order valence-corrected chi connectivity index (χ0v) is 14.1. The number of nitrogens with one attached hydrogen (secondary N) is 2. The van der Waals surface area contributed by atoms with Gasteiger partial charge in [-0.1, -0.05) is 0 Å². The van der Waals surface area contributed by atoms with Crippen molar-refractivity contribution in [1.82, 2.24) is 28.7 Å². The van der Waals surface area contributed by atoms with Gasteiger partial charge < -0.3 is 9.97 Å². The summed E-state index contributed by atoms with van der Waals surface area (Å²) in [7, 11) is 0. The van der Waals surface area contributed by atoms with Crippen LogP contribution in [0, 0.1) is 0 Å². The van der Waals surface area contributed by atoms with Gasteiger partial charge in [-0.25, -0.2) is 19.6 Å². The number of nitrogens with zero attached hydrogens (tertiary/aromatic N) is 4. The van der Waals surface area contributed by atoms with Crippen molar-refractivity contribution in [2.45, 2.75) is 37.5 Å². The summed E-state index contributed by atoms with van der Waals surface area (Å²) < 4.78 is 3.13. The van der Waals surface area contributed by atoms with E-state index in [0.29, 0.717) is 11.8 Å². The first-order chi connectivity index (χ1) is 12.7. The molecule has 0 radical (unpaired) electrons. The van der Waals surface area contributed by atoms with Gasteiger partial charge in [0.1, 0.15) is 11.3 Å². The summed E-state index contributed by atoms with van der Waals surface area (Å²) in [5.41, 5.74) is 3.36. The van der Waals surface area contributed by atoms with Gasteiger partial charge in [0.25, 0.3) is 0 Å². The number of fused-ring (bicyclic) bond motifs is 2. The van der Waals surface area contributed by atoms with Crippen LogP contribution >= 0.6 is 0 Å². The van der Waals surface area contributed by atoms with Gasteiger partial charge in [0.2, 0.25) is 0 Å². The largest absolute Gasteiger partial charge is 0.331 e.